The zero-order chi connectivity index (χ0) is 59.9. The van der Waals surface area contributed by atoms with E-state index in [9.17, 15) is 14.4 Å². The molecular weight excluding hydrogens is 1020 g/mol. The number of carbonyl (C=O) groups is 3. The molecule has 83 heavy (non-hydrogen) atoms. The van der Waals surface area contributed by atoms with Crippen molar-refractivity contribution < 1.29 is 28.6 Å². The molecule has 0 aromatic carbocycles. The van der Waals surface area contributed by atoms with Gasteiger partial charge < -0.3 is 14.2 Å². The van der Waals surface area contributed by atoms with Crippen molar-refractivity contribution in [2.75, 3.05) is 13.2 Å². The standard InChI is InChI=1S/C77H140O6/c1-4-7-10-13-16-19-22-24-26-28-30-32-34-35-36-37-38-39-40-41-43-44-46-48-50-52-55-58-61-64-67-70-76(79)82-73-74(72-81-75(78)69-66-63-60-57-54-21-18-15-12-9-6-3)83-77(80)71-68-65-62-59-56-53-51-49-47-45-42-33-31-29-27-25-23-20-17-14-11-8-5-2/h8,11,17,20,25,27-28,30-31,33,74H,4-7,9-10,12-16,18-19,21-24,26,29,32,34-73H2,1-3H3/b11-8-,20-17-,27-25-,30-28-,33-31-. The summed E-state index contributed by atoms with van der Waals surface area (Å²) in [5, 5.41) is 0. The SMILES string of the molecule is CC/C=C\C/C=C\C/C=C\C/C=C\CCCCCCCCCCCCC(=O)OC(COC(=O)CCCCCCCCCCCCC)COC(=O)CCCCCCCCCCCCCCCCCCCCC/C=C\CCCCCCCCCC. The van der Waals surface area contributed by atoms with Crippen molar-refractivity contribution >= 4 is 17.9 Å². The molecule has 0 aliphatic rings. The topological polar surface area (TPSA) is 78.9 Å². The summed E-state index contributed by atoms with van der Waals surface area (Å²) in [5.74, 6) is -0.851. The monoisotopic (exact) mass is 1160 g/mol. The van der Waals surface area contributed by atoms with Crippen molar-refractivity contribution in [3.8, 4) is 0 Å². The molecule has 0 N–H and O–H groups in total. The molecule has 0 amide bonds. The lowest BCUT2D eigenvalue weighted by molar-refractivity contribution is -0.167. The van der Waals surface area contributed by atoms with Gasteiger partial charge in [0.15, 0.2) is 6.10 Å². The van der Waals surface area contributed by atoms with E-state index in [4.69, 9.17) is 14.2 Å². The van der Waals surface area contributed by atoms with E-state index in [0.29, 0.717) is 19.3 Å². The van der Waals surface area contributed by atoms with Crippen molar-refractivity contribution in [2.24, 2.45) is 0 Å². The van der Waals surface area contributed by atoms with E-state index in [1.807, 2.05) is 0 Å². The second kappa shape index (κ2) is 71.6. The summed E-state index contributed by atoms with van der Waals surface area (Å²) >= 11 is 0. The maximum Gasteiger partial charge on any atom is 0.306 e. The molecule has 0 aliphatic heterocycles. The molecule has 0 aromatic rings. The predicted molar refractivity (Wildman–Crippen MR) is 362 cm³/mol. The van der Waals surface area contributed by atoms with E-state index >= 15 is 0 Å². The number of esters is 3. The van der Waals surface area contributed by atoms with Crippen LogP contribution in [0.2, 0.25) is 0 Å². The van der Waals surface area contributed by atoms with Crippen LogP contribution in [0.3, 0.4) is 0 Å². The van der Waals surface area contributed by atoms with Crippen LogP contribution in [0.4, 0.5) is 0 Å². The van der Waals surface area contributed by atoms with E-state index in [0.717, 1.165) is 83.5 Å². The molecule has 0 bridgehead atoms. The Morgan fingerprint density at radius 2 is 0.470 bits per heavy atom. The van der Waals surface area contributed by atoms with E-state index in [2.05, 4.69) is 81.5 Å². The van der Waals surface area contributed by atoms with Gasteiger partial charge in [0.25, 0.3) is 0 Å². The van der Waals surface area contributed by atoms with E-state index in [-0.39, 0.29) is 31.1 Å². The number of rotatable bonds is 68. The van der Waals surface area contributed by atoms with E-state index in [1.54, 1.807) is 0 Å². The Morgan fingerprint density at radius 1 is 0.253 bits per heavy atom. The van der Waals surface area contributed by atoms with Gasteiger partial charge in [0.1, 0.15) is 13.2 Å². The summed E-state index contributed by atoms with van der Waals surface area (Å²) in [4.78, 5) is 38.4. The minimum absolute atomic E-state index is 0.0706. The molecule has 0 saturated heterocycles. The Balaban J connectivity index is 4.14. The number of ether oxygens (including phenoxy) is 3. The minimum Gasteiger partial charge on any atom is -0.462 e. The van der Waals surface area contributed by atoms with Gasteiger partial charge in [0.2, 0.25) is 0 Å². The number of allylic oxidation sites excluding steroid dienone is 10. The molecule has 0 aliphatic carbocycles. The Bertz CT molecular complexity index is 1470. The van der Waals surface area contributed by atoms with Crippen LogP contribution >= 0.6 is 0 Å². The molecule has 6 nitrogen and oxygen atoms in total. The predicted octanol–water partition coefficient (Wildman–Crippen LogP) is 25.5. The number of carbonyl (C=O) groups excluding carboxylic acids is 3. The third kappa shape index (κ3) is 69.8. The second-order valence-electron chi connectivity index (χ2n) is 24.8. The summed E-state index contributed by atoms with van der Waals surface area (Å²) < 4.78 is 17.0. The maximum absolute atomic E-state index is 12.9. The quantitative estimate of drug-likeness (QED) is 0.0261. The van der Waals surface area contributed by atoms with Crippen molar-refractivity contribution in [1.29, 1.82) is 0 Å². The van der Waals surface area contributed by atoms with Crippen molar-refractivity contribution in [2.45, 2.75) is 399 Å². The Labute approximate surface area is 517 Å². The highest BCUT2D eigenvalue weighted by atomic mass is 16.6. The van der Waals surface area contributed by atoms with Crippen LogP contribution in [0.25, 0.3) is 0 Å². The Hall–Kier alpha value is -2.89. The molecular formula is C77H140O6. The molecule has 0 aromatic heterocycles. The van der Waals surface area contributed by atoms with Gasteiger partial charge in [-0.15, -0.1) is 0 Å². The second-order valence-corrected chi connectivity index (χ2v) is 24.8. The fourth-order valence-electron chi connectivity index (χ4n) is 11.0. The van der Waals surface area contributed by atoms with Crippen LogP contribution in [-0.2, 0) is 28.6 Å². The van der Waals surface area contributed by atoms with Gasteiger partial charge in [0, 0.05) is 19.3 Å². The lowest BCUT2D eigenvalue weighted by Gasteiger charge is -2.18. The van der Waals surface area contributed by atoms with E-state index in [1.165, 1.54) is 270 Å². The van der Waals surface area contributed by atoms with Crippen molar-refractivity contribution in [3.63, 3.8) is 0 Å². The van der Waals surface area contributed by atoms with Crippen LogP contribution in [-0.4, -0.2) is 37.2 Å². The first kappa shape index (κ1) is 80.1. The fourth-order valence-corrected chi connectivity index (χ4v) is 11.0. The highest BCUT2D eigenvalue weighted by molar-refractivity contribution is 5.71. The highest BCUT2D eigenvalue weighted by Crippen LogP contribution is 2.18. The average molecular weight is 1160 g/mol. The molecule has 0 radical (unpaired) electrons. The Kier molecular flexibility index (Phi) is 69.1. The summed E-state index contributed by atoms with van der Waals surface area (Å²) in [6, 6.07) is 0. The third-order valence-electron chi connectivity index (χ3n) is 16.5. The molecule has 0 spiro atoms. The highest BCUT2D eigenvalue weighted by Gasteiger charge is 2.19. The van der Waals surface area contributed by atoms with Crippen LogP contribution < -0.4 is 0 Å². The smallest absolute Gasteiger partial charge is 0.306 e. The minimum atomic E-state index is -0.775. The Morgan fingerprint density at radius 3 is 0.747 bits per heavy atom. The molecule has 1 atom stereocenters. The van der Waals surface area contributed by atoms with Gasteiger partial charge in [-0.05, 0) is 83.5 Å². The van der Waals surface area contributed by atoms with Crippen LogP contribution in [0.1, 0.15) is 393 Å². The normalized spacial score (nSPS) is 12.4. The van der Waals surface area contributed by atoms with Gasteiger partial charge in [-0.3, -0.25) is 14.4 Å². The van der Waals surface area contributed by atoms with Gasteiger partial charge >= 0.3 is 17.9 Å². The summed E-state index contributed by atoms with van der Waals surface area (Å²) in [7, 11) is 0. The number of unbranched alkanes of at least 4 members (excludes halogenated alkanes) is 47. The lowest BCUT2D eigenvalue weighted by atomic mass is 10.0. The first-order valence-electron chi connectivity index (χ1n) is 36.8. The molecule has 484 valence electrons. The fraction of sp³-hybridized carbons (Fsp3) is 0.831. The molecule has 6 heteroatoms. The first-order chi connectivity index (χ1) is 41.0. The lowest BCUT2D eigenvalue weighted by Crippen LogP contribution is -2.30. The average Bonchev–Trinajstić information content (AvgIpc) is 3.48. The maximum atomic E-state index is 12.9. The summed E-state index contributed by atoms with van der Waals surface area (Å²) in [6.07, 6.45) is 92.7. The van der Waals surface area contributed by atoms with Gasteiger partial charge in [0.05, 0.1) is 0 Å². The van der Waals surface area contributed by atoms with Crippen molar-refractivity contribution in [1.82, 2.24) is 0 Å². The van der Waals surface area contributed by atoms with Gasteiger partial charge in [-0.25, -0.2) is 0 Å². The molecule has 0 saturated carbocycles. The molecule has 0 fully saturated rings. The molecule has 1 unspecified atom stereocenters. The summed E-state index contributed by atoms with van der Waals surface area (Å²) in [5.41, 5.74) is 0. The van der Waals surface area contributed by atoms with Crippen LogP contribution in [0, 0.1) is 0 Å². The zero-order valence-corrected chi connectivity index (χ0v) is 55.7. The van der Waals surface area contributed by atoms with Gasteiger partial charge in [-0.1, -0.05) is 351 Å². The summed E-state index contributed by atoms with van der Waals surface area (Å²) in [6.45, 7) is 6.58. The number of hydrogen-bond donors (Lipinski definition) is 0. The van der Waals surface area contributed by atoms with E-state index < -0.39 is 6.10 Å². The van der Waals surface area contributed by atoms with Crippen molar-refractivity contribution in [3.05, 3.63) is 60.8 Å². The van der Waals surface area contributed by atoms with Crippen LogP contribution in [0.5, 0.6) is 0 Å². The first-order valence-corrected chi connectivity index (χ1v) is 36.8. The van der Waals surface area contributed by atoms with Crippen LogP contribution in [0.15, 0.2) is 60.8 Å². The molecule has 0 heterocycles. The largest absolute Gasteiger partial charge is 0.462 e. The number of hydrogen-bond acceptors (Lipinski definition) is 6. The van der Waals surface area contributed by atoms with Gasteiger partial charge in [-0.2, -0.15) is 0 Å². The zero-order valence-electron chi connectivity index (χ0n) is 55.7. The third-order valence-corrected chi connectivity index (χ3v) is 16.5. The molecule has 0 rings (SSSR count).